The Morgan fingerprint density at radius 1 is 0.920 bits per heavy atom. The fourth-order valence-corrected chi connectivity index (χ4v) is 9.63. The van der Waals surface area contributed by atoms with Crippen molar-refractivity contribution in [3.05, 3.63) is 76.8 Å². The molecule has 2 aromatic heterocycles. The molecule has 0 spiro atoms. The fraction of sp³-hybridized carbons (Fsp3) is 0.323. The number of nitrogen functional groups attached to an aromatic ring is 1. The normalized spacial score (nSPS) is 33.9. The van der Waals surface area contributed by atoms with Crippen LogP contribution in [0.3, 0.4) is 0 Å². The predicted molar refractivity (Wildman–Crippen MR) is 183 cm³/mol. The third kappa shape index (κ3) is 5.46. The van der Waals surface area contributed by atoms with Gasteiger partial charge in [-0.2, -0.15) is 4.98 Å². The highest BCUT2D eigenvalue weighted by molar-refractivity contribution is 8.07. The minimum atomic E-state index is -4.80. The lowest BCUT2D eigenvalue weighted by Crippen LogP contribution is -2.35. The summed E-state index contributed by atoms with van der Waals surface area (Å²) >= 11 is 5.36. The second-order valence-corrected chi connectivity index (χ2v) is 16.7. The molecule has 0 saturated carbocycles. The number of hydrogen-bond acceptors (Lipinski definition) is 13. The summed E-state index contributed by atoms with van der Waals surface area (Å²) in [5.41, 5.74) is 5.88. The molecule has 9 atom stereocenters. The predicted octanol–water partition coefficient (Wildman–Crippen LogP) is 3.52. The van der Waals surface area contributed by atoms with Gasteiger partial charge in [0.15, 0.2) is 17.4 Å². The number of nitrogens with two attached hydrogens (primary N) is 1. The monoisotopic (exact) mass is 741 g/mol. The number of anilines is 1. The number of phosphoric acid groups is 1. The second kappa shape index (κ2) is 11.8. The summed E-state index contributed by atoms with van der Waals surface area (Å²) < 4.78 is 49.6. The standard InChI is InChI=1S/C31H29N5O11P2S/c32-31-34-28-25(29(38)35-31)33-13-36(28)30-27-26(37)22(45-30)12-42-48(39,40)46-20-10-19(44-21(20)11-43-49(41,50)47-27)17-8-6-16-5-4-14-2-1-3-15-7-9-18(17)24(16)23(14)15/h1-9,13,19-22,26-27,30,37H,10-12H2,(H,39,40)(H,41,50)(H3,32,34,35,38)/t19-,20?,21-,22-,26?,27?,30-,49?/m1/s1. The number of ether oxygens (including phenoxy) is 2. The van der Waals surface area contributed by atoms with Gasteiger partial charge < -0.3 is 34.6 Å². The molecule has 50 heavy (non-hydrogen) atoms. The SMILES string of the molecule is Nc1nc2c(ncn2[C@@H]2O[C@@H]3COP(=O)(O)OC4C[C@H](c5ccc6ccc7cccc8ccc5c6c78)O[C@@H]4COP(O)(=S)OC2C3O)c(=O)[nH]1. The first kappa shape index (κ1) is 32.5. The Kier molecular flexibility index (Phi) is 7.68. The Morgan fingerprint density at radius 2 is 1.64 bits per heavy atom. The number of nitrogens with zero attached hydrogens (tertiary/aromatic N) is 3. The summed E-state index contributed by atoms with van der Waals surface area (Å²) in [6.07, 6.45) is -6.81. The van der Waals surface area contributed by atoms with E-state index in [1.54, 1.807) is 0 Å². The van der Waals surface area contributed by atoms with Gasteiger partial charge in [0.1, 0.15) is 30.5 Å². The van der Waals surface area contributed by atoms with Gasteiger partial charge in [-0.1, -0.05) is 54.6 Å². The molecule has 2 bridgehead atoms. The smallest absolute Gasteiger partial charge is 0.387 e. The number of imidazole rings is 1. The van der Waals surface area contributed by atoms with Crippen LogP contribution in [0.15, 0.2) is 65.7 Å². The Labute approximate surface area is 286 Å². The molecular weight excluding hydrogens is 712 g/mol. The molecule has 16 nitrogen and oxygen atoms in total. The van der Waals surface area contributed by atoms with E-state index < -0.39 is 69.6 Å². The molecule has 4 aromatic carbocycles. The number of nitrogens with one attached hydrogen (secondary N) is 1. The summed E-state index contributed by atoms with van der Waals surface area (Å²) in [5.74, 6) is -0.206. The van der Waals surface area contributed by atoms with Crippen LogP contribution in [0.25, 0.3) is 43.5 Å². The van der Waals surface area contributed by atoms with E-state index in [2.05, 4.69) is 45.3 Å². The molecule has 260 valence electrons. The van der Waals surface area contributed by atoms with Crippen LogP contribution < -0.4 is 11.3 Å². The van der Waals surface area contributed by atoms with E-state index in [0.717, 1.165) is 37.9 Å². The number of aromatic nitrogens is 4. The molecule has 5 unspecified atom stereocenters. The minimum absolute atomic E-state index is 0.0110. The van der Waals surface area contributed by atoms with Crippen molar-refractivity contribution in [3.8, 4) is 0 Å². The van der Waals surface area contributed by atoms with E-state index in [-0.39, 0.29) is 30.1 Å². The summed E-state index contributed by atoms with van der Waals surface area (Å²) in [6.45, 7) is -5.18. The number of hydrogen-bond donors (Lipinski definition) is 5. The number of rotatable bonds is 2. The van der Waals surface area contributed by atoms with E-state index in [1.807, 2.05) is 24.3 Å². The molecule has 0 radical (unpaired) electrons. The zero-order valence-corrected chi connectivity index (χ0v) is 28.4. The molecule has 6 N–H and O–H groups in total. The maximum absolute atomic E-state index is 13.4. The van der Waals surface area contributed by atoms with E-state index in [9.17, 15) is 24.3 Å². The van der Waals surface area contributed by atoms with Gasteiger partial charge in [0.2, 0.25) is 5.95 Å². The number of phosphoric ester groups is 1. The van der Waals surface area contributed by atoms with Gasteiger partial charge >= 0.3 is 14.5 Å². The third-order valence-corrected chi connectivity index (χ3v) is 12.0. The van der Waals surface area contributed by atoms with Crippen LogP contribution in [0.4, 0.5) is 5.95 Å². The Hall–Kier alpha value is -3.41. The average molecular weight is 742 g/mol. The lowest BCUT2D eigenvalue weighted by Gasteiger charge is -2.27. The summed E-state index contributed by atoms with van der Waals surface area (Å²) in [7, 11) is -4.80. The summed E-state index contributed by atoms with van der Waals surface area (Å²) in [4.78, 5) is 45.0. The van der Waals surface area contributed by atoms with Crippen molar-refractivity contribution in [1.29, 1.82) is 0 Å². The van der Waals surface area contributed by atoms with Crippen molar-refractivity contribution < 1.29 is 47.0 Å². The van der Waals surface area contributed by atoms with Crippen molar-refractivity contribution in [1.82, 2.24) is 19.5 Å². The molecule has 0 amide bonds. The van der Waals surface area contributed by atoms with Crippen LogP contribution in [0.2, 0.25) is 0 Å². The maximum Gasteiger partial charge on any atom is 0.472 e. The van der Waals surface area contributed by atoms with E-state index in [4.69, 9.17) is 45.1 Å². The fourth-order valence-electron chi connectivity index (χ4n) is 7.26. The van der Waals surface area contributed by atoms with Gasteiger partial charge in [-0.05, 0) is 49.7 Å². The van der Waals surface area contributed by atoms with Gasteiger partial charge in [-0.25, -0.2) is 9.55 Å². The quantitative estimate of drug-likeness (QED) is 0.127. The molecule has 3 aliphatic rings. The summed E-state index contributed by atoms with van der Waals surface area (Å²) in [6, 6.07) is 18.4. The maximum atomic E-state index is 13.4. The number of benzene rings is 4. The van der Waals surface area contributed by atoms with Gasteiger partial charge in [0, 0.05) is 6.42 Å². The highest BCUT2D eigenvalue weighted by Crippen LogP contribution is 2.54. The number of H-pyrrole nitrogens is 1. The van der Waals surface area contributed by atoms with Crippen molar-refractivity contribution >= 4 is 75.8 Å². The van der Waals surface area contributed by atoms with Gasteiger partial charge in [0.25, 0.3) is 5.56 Å². The van der Waals surface area contributed by atoms with Crippen molar-refractivity contribution in [2.75, 3.05) is 18.9 Å². The van der Waals surface area contributed by atoms with Crippen molar-refractivity contribution in [2.45, 2.75) is 49.3 Å². The highest BCUT2D eigenvalue weighted by atomic mass is 32.5. The largest absolute Gasteiger partial charge is 0.472 e. The Morgan fingerprint density at radius 3 is 2.44 bits per heavy atom. The van der Waals surface area contributed by atoms with Crippen LogP contribution in [0, 0.1) is 0 Å². The number of aliphatic hydroxyl groups is 1. The second-order valence-electron chi connectivity index (χ2n) is 12.5. The Bertz CT molecular complexity index is 2450. The lowest BCUT2D eigenvalue weighted by atomic mass is 9.90. The lowest BCUT2D eigenvalue weighted by molar-refractivity contribution is -0.0597. The first-order valence-corrected chi connectivity index (χ1v) is 19.7. The van der Waals surface area contributed by atoms with E-state index >= 15 is 0 Å². The van der Waals surface area contributed by atoms with E-state index in [1.165, 1.54) is 10.9 Å². The zero-order valence-electron chi connectivity index (χ0n) is 25.8. The van der Waals surface area contributed by atoms with Crippen LogP contribution in [-0.4, -0.2) is 78.1 Å². The molecule has 9 rings (SSSR count). The first-order chi connectivity index (χ1) is 23.9. The van der Waals surface area contributed by atoms with Gasteiger partial charge in [-0.15, -0.1) is 0 Å². The molecule has 0 aliphatic carbocycles. The van der Waals surface area contributed by atoms with Crippen molar-refractivity contribution in [3.63, 3.8) is 0 Å². The third-order valence-electron chi connectivity index (χ3n) is 9.47. The van der Waals surface area contributed by atoms with Crippen LogP contribution in [0.1, 0.15) is 24.3 Å². The van der Waals surface area contributed by atoms with E-state index in [0.29, 0.717) is 0 Å². The molecule has 3 aliphatic heterocycles. The Balaban J connectivity index is 1.04. The molecule has 6 aromatic rings. The minimum Gasteiger partial charge on any atom is -0.387 e. The van der Waals surface area contributed by atoms with Crippen LogP contribution >= 0.6 is 14.5 Å². The van der Waals surface area contributed by atoms with Gasteiger partial charge in [0.05, 0.1) is 25.6 Å². The topological polar surface area (TPSA) is 223 Å². The van der Waals surface area contributed by atoms with Crippen LogP contribution in [-0.2, 0) is 43.9 Å². The highest BCUT2D eigenvalue weighted by Gasteiger charge is 2.51. The van der Waals surface area contributed by atoms with Crippen molar-refractivity contribution in [2.24, 2.45) is 0 Å². The first-order valence-electron chi connectivity index (χ1n) is 15.6. The molecular formula is C31H29N5O11P2S. The van der Waals surface area contributed by atoms with Crippen LogP contribution in [0.5, 0.6) is 0 Å². The number of aromatic amines is 1. The number of fused-ring (bicyclic) bond motifs is 4. The summed E-state index contributed by atoms with van der Waals surface area (Å²) in [5, 5.41) is 17.7. The average Bonchev–Trinajstić information content (AvgIpc) is 3.76. The number of aliphatic hydroxyl groups excluding tert-OH is 1. The molecule has 19 heteroatoms. The zero-order chi connectivity index (χ0) is 34.5. The van der Waals surface area contributed by atoms with Gasteiger partial charge in [-0.3, -0.25) is 27.9 Å². The molecule has 3 saturated heterocycles. The molecule has 5 heterocycles. The molecule has 3 fully saturated rings.